The predicted molar refractivity (Wildman–Crippen MR) is 91.8 cm³/mol. The highest BCUT2D eigenvalue weighted by molar-refractivity contribution is 5.86. The molecule has 3 rings (SSSR count). The minimum Gasteiger partial charge on any atom is -0.379 e. The summed E-state index contributed by atoms with van der Waals surface area (Å²) in [6, 6.07) is 0. The van der Waals surface area contributed by atoms with Crippen molar-refractivity contribution < 1.29 is 13.9 Å². The van der Waals surface area contributed by atoms with Gasteiger partial charge in [-0.1, -0.05) is 0 Å². The number of carbonyl (C=O) groups is 1. The van der Waals surface area contributed by atoms with Crippen LogP contribution in [0, 0.1) is 5.41 Å². The topological polar surface area (TPSA) is 36.0 Å². The number of likely N-dealkylation sites (N-methyl/N-ethyl adjacent to an activating group) is 1. The molecular weight excluding hydrogens is 309 g/mol. The van der Waals surface area contributed by atoms with Crippen LogP contribution in [0.25, 0.3) is 0 Å². The minimum atomic E-state index is -1.55. The summed E-state index contributed by atoms with van der Waals surface area (Å²) in [7, 11) is 4.20. The first-order valence-electron chi connectivity index (χ1n) is 9.36. The number of nitrogens with zero attached hydrogens (tertiary/aromatic N) is 3. The Labute approximate surface area is 145 Å². The lowest BCUT2D eigenvalue weighted by Gasteiger charge is -2.45. The van der Waals surface area contributed by atoms with Crippen LogP contribution in [0.4, 0.5) is 4.39 Å². The number of carbonyl (C=O) groups excluding carboxylic acids is 1. The highest BCUT2D eigenvalue weighted by Gasteiger charge is 2.48. The second-order valence-electron chi connectivity index (χ2n) is 8.24. The number of amides is 1. The van der Waals surface area contributed by atoms with Crippen LogP contribution < -0.4 is 0 Å². The average Bonchev–Trinajstić information content (AvgIpc) is 2.73. The molecule has 0 aromatic heterocycles. The van der Waals surface area contributed by atoms with E-state index in [-0.39, 0.29) is 11.3 Å². The van der Waals surface area contributed by atoms with E-state index in [1.807, 2.05) is 0 Å². The Bertz CT molecular complexity index is 446. The van der Waals surface area contributed by atoms with Gasteiger partial charge < -0.3 is 14.5 Å². The van der Waals surface area contributed by atoms with E-state index in [0.717, 1.165) is 58.7 Å². The first-order valence-corrected chi connectivity index (χ1v) is 9.36. The zero-order valence-corrected chi connectivity index (χ0v) is 15.2. The second kappa shape index (κ2) is 7.26. The molecule has 1 spiro atoms. The van der Waals surface area contributed by atoms with Crippen molar-refractivity contribution in [1.82, 2.24) is 14.7 Å². The molecule has 5 nitrogen and oxygen atoms in total. The van der Waals surface area contributed by atoms with Gasteiger partial charge in [0.2, 0.25) is 0 Å². The molecule has 1 aliphatic carbocycles. The van der Waals surface area contributed by atoms with E-state index in [4.69, 9.17) is 4.74 Å². The Kier molecular flexibility index (Phi) is 5.47. The second-order valence-corrected chi connectivity index (χ2v) is 8.24. The van der Waals surface area contributed by atoms with Gasteiger partial charge in [-0.3, -0.25) is 9.69 Å². The number of ether oxygens (including phenoxy) is 1. The molecule has 0 radical (unpaired) electrons. The number of rotatable bonds is 4. The highest BCUT2D eigenvalue weighted by Crippen LogP contribution is 2.40. The first kappa shape index (κ1) is 18.1. The normalized spacial score (nSPS) is 27.1. The van der Waals surface area contributed by atoms with Crippen LogP contribution in [0.1, 0.15) is 32.1 Å². The van der Waals surface area contributed by atoms with Crippen molar-refractivity contribution in [2.45, 2.75) is 37.8 Å². The third-order valence-electron chi connectivity index (χ3n) is 6.02. The monoisotopic (exact) mass is 341 g/mol. The van der Waals surface area contributed by atoms with Crippen LogP contribution in [-0.2, 0) is 9.53 Å². The van der Waals surface area contributed by atoms with Gasteiger partial charge >= 0.3 is 0 Å². The van der Waals surface area contributed by atoms with Crippen molar-refractivity contribution in [3.63, 3.8) is 0 Å². The zero-order chi connectivity index (χ0) is 17.2. The molecule has 0 unspecified atom stereocenters. The van der Waals surface area contributed by atoms with Crippen molar-refractivity contribution in [3.8, 4) is 0 Å². The maximum atomic E-state index is 14.4. The maximum Gasteiger partial charge on any atom is 0.260 e. The standard InChI is InChI=1S/C18H32FN3O2/c1-20(2)10-11-21-12-13-24-15-17(14-21)6-8-22(9-7-17)16(23)18(19)4-3-5-18/h3-15H2,1-2H3. The van der Waals surface area contributed by atoms with Gasteiger partial charge in [0.15, 0.2) is 5.67 Å². The largest absolute Gasteiger partial charge is 0.379 e. The molecule has 24 heavy (non-hydrogen) atoms. The Morgan fingerprint density at radius 3 is 2.46 bits per heavy atom. The van der Waals surface area contributed by atoms with Gasteiger partial charge in [-0.2, -0.15) is 0 Å². The summed E-state index contributed by atoms with van der Waals surface area (Å²) in [5, 5.41) is 0. The summed E-state index contributed by atoms with van der Waals surface area (Å²) in [5.74, 6) is -0.261. The van der Waals surface area contributed by atoms with Crippen LogP contribution in [0.2, 0.25) is 0 Å². The lowest BCUT2D eigenvalue weighted by Crippen LogP contribution is -2.55. The molecule has 3 aliphatic rings. The molecule has 0 bridgehead atoms. The van der Waals surface area contributed by atoms with Crippen molar-refractivity contribution in [2.75, 3.05) is 66.6 Å². The Morgan fingerprint density at radius 1 is 1.17 bits per heavy atom. The van der Waals surface area contributed by atoms with Gasteiger partial charge in [0.1, 0.15) is 0 Å². The molecule has 0 aromatic carbocycles. The number of halogens is 1. The highest BCUT2D eigenvalue weighted by atomic mass is 19.1. The van der Waals surface area contributed by atoms with E-state index in [0.29, 0.717) is 25.9 Å². The van der Waals surface area contributed by atoms with Crippen LogP contribution in [0.5, 0.6) is 0 Å². The molecule has 2 saturated heterocycles. The molecule has 2 aliphatic heterocycles. The summed E-state index contributed by atoms with van der Waals surface area (Å²) < 4.78 is 20.3. The molecular formula is C18H32FN3O2. The fraction of sp³-hybridized carbons (Fsp3) is 0.944. The van der Waals surface area contributed by atoms with Crippen LogP contribution >= 0.6 is 0 Å². The zero-order valence-electron chi connectivity index (χ0n) is 15.2. The summed E-state index contributed by atoms with van der Waals surface area (Å²) >= 11 is 0. The van der Waals surface area contributed by atoms with Gasteiger partial charge in [-0.05, 0) is 46.2 Å². The molecule has 6 heteroatoms. The van der Waals surface area contributed by atoms with Crippen molar-refractivity contribution in [1.29, 1.82) is 0 Å². The molecule has 3 fully saturated rings. The van der Waals surface area contributed by atoms with E-state index < -0.39 is 5.67 Å². The third-order valence-corrected chi connectivity index (χ3v) is 6.02. The number of alkyl halides is 1. The molecule has 0 atom stereocenters. The molecule has 0 N–H and O–H groups in total. The molecule has 0 aromatic rings. The van der Waals surface area contributed by atoms with Crippen molar-refractivity contribution in [3.05, 3.63) is 0 Å². The van der Waals surface area contributed by atoms with E-state index in [2.05, 4.69) is 23.9 Å². The fourth-order valence-corrected chi connectivity index (χ4v) is 4.08. The number of piperidine rings is 1. The van der Waals surface area contributed by atoms with E-state index >= 15 is 0 Å². The van der Waals surface area contributed by atoms with E-state index in [1.54, 1.807) is 4.90 Å². The quantitative estimate of drug-likeness (QED) is 0.774. The van der Waals surface area contributed by atoms with E-state index in [1.165, 1.54) is 0 Å². The summed E-state index contributed by atoms with van der Waals surface area (Å²) in [5.41, 5.74) is -1.43. The third kappa shape index (κ3) is 3.92. The van der Waals surface area contributed by atoms with Crippen LogP contribution in [-0.4, -0.2) is 92.9 Å². The summed E-state index contributed by atoms with van der Waals surface area (Å²) in [6.07, 6.45) is 3.51. The van der Waals surface area contributed by atoms with Crippen LogP contribution in [0.15, 0.2) is 0 Å². The van der Waals surface area contributed by atoms with Gasteiger partial charge in [0, 0.05) is 44.7 Å². The average molecular weight is 341 g/mol. The Hall–Kier alpha value is -0.720. The van der Waals surface area contributed by atoms with Gasteiger partial charge in [-0.25, -0.2) is 4.39 Å². The van der Waals surface area contributed by atoms with Gasteiger partial charge in [0.25, 0.3) is 5.91 Å². The minimum absolute atomic E-state index is 0.128. The Balaban J connectivity index is 1.55. The molecule has 138 valence electrons. The summed E-state index contributed by atoms with van der Waals surface area (Å²) in [6.45, 7) is 7.01. The molecule has 1 saturated carbocycles. The maximum absolute atomic E-state index is 14.4. The molecule has 2 heterocycles. The predicted octanol–water partition coefficient (Wildman–Crippen LogP) is 1.38. The first-order chi connectivity index (χ1) is 11.4. The van der Waals surface area contributed by atoms with Crippen LogP contribution in [0.3, 0.4) is 0 Å². The summed E-state index contributed by atoms with van der Waals surface area (Å²) in [4.78, 5) is 18.9. The molecule has 1 amide bonds. The van der Waals surface area contributed by atoms with Gasteiger partial charge in [-0.15, -0.1) is 0 Å². The SMILES string of the molecule is CN(C)CCN1CCOCC2(CCN(C(=O)C3(F)CCC3)CC2)C1. The number of hydrogen-bond acceptors (Lipinski definition) is 4. The Morgan fingerprint density at radius 2 is 1.88 bits per heavy atom. The van der Waals surface area contributed by atoms with Crippen molar-refractivity contribution in [2.24, 2.45) is 5.41 Å². The van der Waals surface area contributed by atoms with E-state index in [9.17, 15) is 9.18 Å². The van der Waals surface area contributed by atoms with Gasteiger partial charge in [0.05, 0.1) is 13.2 Å². The fourth-order valence-electron chi connectivity index (χ4n) is 4.08. The lowest BCUT2D eigenvalue weighted by molar-refractivity contribution is -0.153. The number of likely N-dealkylation sites (tertiary alicyclic amines) is 1. The van der Waals surface area contributed by atoms with Crippen molar-refractivity contribution >= 4 is 5.91 Å². The number of hydrogen-bond donors (Lipinski definition) is 0. The lowest BCUT2D eigenvalue weighted by atomic mass is 9.76. The smallest absolute Gasteiger partial charge is 0.260 e.